The van der Waals surface area contributed by atoms with Crippen LogP contribution in [0, 0.1) is 0 Å². The minimum atomic E-state index is -0.339. The zero-order valence-electron chi connectivity index (χ0n) is 9.52. The molecule has 12 heavy (non-hydrogen) atoms. The SMILES string of the molecule is CC.CC.CCC1(O)CN(C)C1. The first-order valence-electron chi connectivity index (χ1n) is 5.07. The van der Waals surface area contributed by atoms with Crippen molar-refractivity contribution in [2.45, 2.75) is 46.6 Å². The number of aliphatic hydroxyl groups is 1. The first-order chi connectivity index (χ1) is 5.66. The highest BCUT2D eigenvalue weighted by Crippen LogP contribution is 2.21. The molecule has 2 nitrogen and oxygen atoms in total. The number of β-amino-alcohol motifs (C(OH)–C–C–N with tert-alkyl or cyclic N) is 1. The molecule has 0 bridgehead atoms. The topological polar surface area (TPSA) is 23.5 Å². The second-order valence-corrected chi connectivity index (χ2v) is 2.75. The van der Waals surface area contributed by atoms with Gasteiger partial charge in [-0.25, -0.2) is 0 Å². The summed E-state index contributed by atoms with van der Waals surface area (Å²) in [5.41, 5.74) is -0.339. The van der Waals surface area contributed by atoms with E-state index in [9.17, 15) is 5.11 Å². The quantitative estimate of drug-likeness (QED) is 0.660. The Balaban J connectivity index is 0. The van der Waals surface area contributed by atoms with E-state index in [4.69, 9.17) is 0 Å². The van der Waals surface area contributed by atoms with Crippen LogP contribution in [0.2, 0.25) is 0 Å². The van der Waals surface area contributed by atoms with Gasteiger partial charge in [0, 0.05) is 13.1 Å². The fourth-order valence-electron chi connectivity index (χ4n) is 1.18. The molecule has 0 atom stereocenters. The molecule has 2 heteroatoms. The molecule has 76 valence electrons. The van der Waals surface area contributed by atoms with Crippen molar-refractivity contribution in [3.05, 3.63) is 0 Å². The molecule has 1 heterocycles. The third kappa shape index (κ3) is 4.73. The first-order valence-corrected chi connectivity index (χ1v) is 5.07. The van der Waals surface area contributed by atoms with Crippen molar-refractivity contribution in [3.63, 3.8) is 0 Å². The smallest absolute Gasteiger partial charge is 0.0897 e. The van der Waals surface area contributed by atoms with E-state index in [0.29, 0.717) is 0 Å². The van der Waals surface area contributed by atoms with Crippen molar-refractivity contribution in [2.75, 3.05) is 20.1 Å². The summed E-state index contributed by atoms with van der Waals surface area (Å²) in [7, 11) is 2.02. The van der Waals surface area contributed by atoms with E-state index in [1.807, 2.05) is 41.7 Å². The van der Waals surface area contributed by atoms with Crippen molar-refractivity contribution in [3.8, 4) is 0 Å². The minimum absolute atomic E-state index is 0.339. The van der Waals surface area contributed by atoms with Crippen LogP contribution in [0.1, 0.15) is 41.0 Å². The number of likely N-dealkylation sites (N-methyl/N-ethyl adjacent to an activating group) is 1. The number of likely N-dealkylation sites (tertiary alicyclic amines) is 1. The average Bonchev–Trinajstić information content (AvgIpc) is 2.09. The molecule has 1 saturated heterocycles. The van der Waals surface area contributed by atoms with Crippen LogP contribution in [0.15, 0.2) is 0 Å². The molecular formula is C10H25NO. The molecular weight excluding hydrogens is 150 g/mol. The first kappa shape index (κ1) is 14.4. The number of nitrogens with zero attached hydrogens (tertiary/aromatic N) is 1. The van der Waals surface area contributed by atoms with Crippen LogP contribution in [0.3, 0.4) is 0 Å². The Morgan fingerprint density at radius 1 is 1.17 bits per heavy atom. The molecule has 1 aliphatic rings. The van der Waals surface area contributed by atoms with Crippen LogP contribution in [-0.2, 0) is 0 Å². The summed E-state index contributed by atoms with van der Waals surface area (Å²) in [6, 6.07) is 0. The van der Waals surface area contributed by atoms with Crippen LogP contribution >= 0.6 is 0 Å². The van der Waals surface area contributed by atoms with Gasteiger partial charge in [-0.2, -0.15) is 0 Å². The Hall–Kier alpha value is -0.0800. The van der Waals surface area contributed by atoms with Gasteiger partial charge in [0.1, 0.15) is 0 Å². The predicted octanol–water partition coefficient (Wildman–Crippen LogP) is 2.13. The largest absolute Gasteiger partial charge is 0.387 e. The minimum Gasteiger partial charge on any atom is -0.387 e. The lowest BCUT2D eigenvalue weighted by atomic mass is 9.92. The summed E-state index contributed by atoms with van der Waals surface area (Å²) in [4.78, 5) is 2.11. The fourth-order valence-corrected chi connectivity index (χ4v) is 1.18. The summed E-state index contributed by atoms with van der Waals surface area (Å²) in [5, 5.41) is 9.35. The maximum absolute atomic E-state index is 9.35. The molecule has 0 unspecified atom stereocenters. The van der Waals surface area contributed by atoms with E-state index in [-0.39, 0.29) is 5.60 Å². The van der Waals surface area contributed by atoms with Crippen molar-refractivity contribution < 1.29 is 5.11 Å². The van der Waals surface area contributed by atoms with Gasteiger partial charge in [-0.05, 0) is 13.5 Å². The average molecular weight is 175 g/mol. The van der Waals surface area contributed by atoms with Gasteiger partial charge < -0.3 is 10.0 Å². The lowest BCUT2D eigenvalue weighted by Gasteiger charge is -2.43. The zero-order chi connectivity index (χ0) is 10.2. The normalized spacial score (nSPS) is 19.2. The summed E-state index contributed by atoms with van der Waals surface area (Å²) < 4.78 is 0. The van der Waals surface area contributed by atoms with Crippen LogP contribution < -0.4 is 0 Å². The maximum atomic E-state index is 9.35. The molecule has 1 fully saturated rings. The number of hydrogen-bond donors (Lipinski definition) is 1. The Morgan fingerprint density at radius 3 is 1.58 bits per heavy atom. The molecule has 0 aliphatic carbocycles. The Bertz CT molecular complexity index is 87.8. The highest BCUT2D eigenvalue weighted by Gasteiger charge is 2.36. The van der Waals surface area contributed by atoms with E-state index in [1.165, 1.54) is 0 Å². The van der Waals surface area contributed by atoms with Gasteiger partial charge in [-0.3, -0.25) is 0 Å². The van der Waals surface area contributed by atoms with Crippen LogP contribution in [0.4, 0.5) is 0 Å². The van der Waals surface area contributed by atoms with Gasteiger partial charge in [0.2, 0.25) is 0 Å². The molecule has 0 spiro atoms. The highest BCUT2D eigenvalue weighted by atomic mass is 16.3. The fraction of sp³-hybridized carbons (Fsp3) is 1.00. The molecule has 1 rings (SSSR count). The third-order valence-electron chi connectivity index (χ3n) is 1.79. The molecule has 1 N–H and O–H groups in total. The molecule has 0 radical (unpaired) electrons. The third-order valence-corrected chi connectivity index (χ3v) is 1.79. The van der Waals surface area contributed by atoms with Gasteiger partial charge in [0.25, 0.3) is 0 Å². The molecule has 0 amide bonds. The van der Waals surface area contributed by atoms with Crippen LogP contribution in [-0.4, -0.2) is 35.7 Å². The predicted molar refractivity (Wildman–Crippen MR) is 55.4 cm³/mol. The maximum Gasteiger partial charge on any atom is 0.0897 e. The van der Waals surface area contributed by atoms with Gasteiger partial charge in [0.05, 0.1) is 5.60 Å². The van der Waals surface area contributed by atoms with Crippen molar-refractivity contribution in [1.29, 1.82) is 0 Å². The molecule has 0 aromatic carbocycles. The van der Waals surface area contributed by atoms with Gasteiger partial charge in [-0.15, -0.1) is 0 Å². The summed E-state index contributed by atoms with van der Waals surface area (Å²) in [6.45, 7) is 11.7. The highest BCUT2D eigenvalue weighted by molar-refractivity contribution is 4.92. The summed E-state index contributed by atoms with van der Waals surface area (Å²) in [5.74, 6) is 0. The molecule has 0 aromatic heterocycles. The van der Waals surface area contributed by atoms with E-state index >= 15 is 0 Å². The van der Waals surface area contributed by atoms with Gasteiger partial charge in [0.15, 0.2) is 0 Å². The standard InChI is InChI=1S/C6H13NO.2C2H6/c1-3-6(8)4-7(2)5-6;2*1-2/h8H,3-5H2,1-2H3;2*1-2H3. The van der Waals surface area contributed by atoms with Gasteiger partial charge >= 0.3 is 0 Å². The zero-order valence-corrected chi connectivity index (χ0v) is 9.52. The molecule has 1 aliphatic heterocycles. The Labute approximate surface area is 77.6 Å². The van der Waals surface area contributed by atoms with E-state index in [2.05, 4.69) is 4.90 Å². The Morgan fingerprint density at radius 2 is 1.50 bits per heavy atom. The Kier molecular flexibility index (Phi) is 9.10. The lowest BCUT2D eigenvalue weighted by Crippen LogP contribution is -2.59. The number of hydrogen-bond acceptors (Lipinski definition) is 2. The number of rotatable bonds is 1. The monoisotopic (exact) mass is 175 g/mol. The van der Waals surface area contributed by atoms with Crippen molar-refractivity contribution in [2.24, 2.45) is 0 Å². The summed E-state index contributed by atoms with van der Waals surface area (Å²) in [6.07, 6.45) is 0.886. The molecule has 0 aromatic rings. The van der Waals surface area contributed by atoms with Crippen LogP contribution in [0.5, 0.6) is 0 Å². The van der Waals surface area contributed by atoms with Crippen molar-refractivity contribution >= 4 is 0 Å². The summed E-state index contributed by atoms with van der Waals surface area (Å²) >= 11 is 0. The second-order valence-electron chi connectivity index (χ2n) is 2.75. The van der Waals surface area contributed by atoms with Crippen LogP contribution in [0.25, 0.3) is 0 Å². The van der Waals surface area contributed by atoms with E-state index < -0.39 is 0 Å². The molecule has 0 saturated carbocycles. The van der Waals surface area contributed by atoms with Gasteiger partial charge in [-0.1, -0.05) is 34.6 Å². The lowest BCUT2D eigenvalue weighted by molar-refractivity contribution is -0.0876. The van der Waals surface area contributed by atoms with E-state index in [1.54, 1.807) is 0 Å². The van der Waals surface area contributed by atoms with Crippen molar-refractivity contribution in [1.82, 2.24) is 4.90 Å². The second kappa shape index (κ2) is 7.56. The van der Waals surface area contributed by atoms with E-state index in [0.717, 1.165) is 19.5 Å².